The fourth-order valence-corrected chi connectivity index (χ4v) is 2.64. The largest absolute Gasteiger partial charge is 0.384 e. The van der Waals surface area contributed by atoms with Crippen LogP contribution < -0.4 is 16.0 Å². The van der Waals surface area contributed by atoms with Crippen LogP contribution >= 0.6 is 0 Å². The maximum Gasteiger partial charge on any atom is 0.311 e. The number of anilines is 4. The molecule has 0 amide bonds. The lowest BCUT2D eigenvalue weighted by Gasteiger charge is -2.35. The molecule has 1 aliphatic heterocycles. The summed E-state index contributed by atoms with van der Waals surface area (Å²) in [5, 5.41) is 14.0. The molecule has 9 nitrogen and oxygen atoms in total. The van der Waals surface area contributed by atoms with Crippen LogP contribution in [0.3, 0.4) is 0 Å². The molecule has 0 bridgehead atoms. The van der Waals surface area contributed by atoms with Gasteiger partial charge in [-0.1, -0.05) is 0 Å². The third-order valence-corrected chi connectivity index (χ3v) is 3.76. The minimum atomic E-state index is -0.493. The van der Waals surface area contributed by atoms with E-state index >= 15 is 0 Å². The van der Waals surface area contributed by atoms with Crippen molar-refractivity contribution in [3.05, 3.63) is 40.6 Å². The van der Waals surface area contributed by atoms with Gasteiger partial charge in [0.15, 0.2) is 0 Å². The summed E-state index contributed by atoms with van der Waals surface area (Å²) < 4.78 is 5.44. The summed E-state index contributed by atoms with van der Waals surface area (Å²) in [7, 11) is 0. The molecular weight excluding hydrogens is 312 g/mol. The molecule has 0 aliphatic carbocycles. The van der Waals surface area contributed by atoms with Crippen LogP contribution in [0.5, 0.6) is 0 Å². The van der Waals surface area contributed by atoms with E-state index < -0.39 is 4.92 Å². The number of nitrogen functional groups attached to an aromatic ring is 1. The number of ether oxygens (including phenoxy) is 1. The second-order valence-electron chi connectivity index (χ2n) is 5.51. The Kier molecular flexibility index (Phi) is 4.43. The Hall–Kier alpha value is -2.94. The highest BCUT2D eigenvalue weighted by molar-refractivity contribution is 5.68. The van der Waals surface area contributed by atoms with Crippen LogP contribution in [-0.4, -0.2) is 40.7 Å². The number of nitro groups is 1. The minimum Gasteiger partial charge on any atom is -0.384 e. The van der Waals surface area contributed by atoms with Crippen LogP contribution in [0, 0.1) is 10.1 Å². The van der Waals surface area contributed by atoms with Gasteiger partial charge in [0.05, 0.1) is 18.1 Å². The molecule has 2 aromatic heterocycles. The zero-order valence-electron chi connectivity index (χ0n) is 13.2. The molecule has 1 aliphatic rings. The van der Waals surface area contributed by atoms with Crippen molar-refractivity contribution < 1.29 is 9.66 Å². The summed E-state index contributed by atoms with van der Waals surface area (Å²) in [6.07, 6.45) is 1.48. The standard InChI is InChI=1S/C15H18N6O3/c1-10-9-24-6-5-20(10)11-7-13(16)18-14(8-11)19-15-12(21(22)23)3-2-4-17-15/h2-4,7-8,10H,5-6,9H2,1H3,(H3,16,17,18,19). The van der Waals surface area contributed by atoms with Gasteiger partial charge in [-0.2, -0.15) is 0 Å². The molecule has 0 spiro atoms. The molecule has 3 heterocycles. The molecule has 2 aromatic rings. The number of nitrogens with two attached hydrogens (primary N) is 1. The van der Waals surface area contributed by atoms with E-state index in [9.17, 15) is 10.1 Å². The van der Waals surface area contributed by atoms with Gasteiger partial charge in [0.1, 0.15) is 11.6 Å². The Morgan fingerprint density at radius 3 is 3.08 bits per heavy atom. The third-order valence-electron chi connectivity index (χ3n) is 3.76. The third kappa shape index (κ3) is 3.35. The van der Waals surface area contributed by atoms with Crippen LogP contribution in [0.25, 0.3) is 0 Å². The zero-order chi connectivity index (χ0) is 17.1. The molecule has 9 heteroatoms. The molecule has 0 aromatic carbocycles. The Balaban J connectivity index is 1.91. The van der Waals surface area contributed by atoms with Gasteiger partial charge in [0.2, 0.25) is 5.82 Å². The highest BCUT2D eigenvalue weighted by atomic mass is 16.6. The van der Waals surface area contributed by atoms with Gasteiger partial charge in [0.25, 0.3) is 0 Å². The fraction of sp³-hybridized carbons (Fsp3) is 0.333. The number of hydrogen-bond acceptors (Lipinski definition) is 8. The van der Waals surface area contributed by atoms with E-state index in [1.807, 2.05) is 0 Å². The highest BCUT2D eigenvalue weighted by Crippen LogP contribution is 2.28. The topological polar surface area (TPSA) is 119 Å². The molecule has 3 N–H and O–H groups in total. The summed E-state index contributed by atoms with van der Waals surface area (Å²) >= 11 is 0. The van der Waals surface area contributed by atoms with Crippen molar-refractivity contribution in [2.45, 2.75) is 13.0 Å². The van der Waals surface area contributed by atoms with E-state index in [-0.39, 0.29) is 17.5 Å². The maximum atomic E-state index is 11.1. The molecular formula is C15H18N6O3. The van der Waals surface area contributed by atoms with Crippen LogP contribution in [0.4, 0.5) is 28.8 Å². The number of hydrogen-bond donors (Lipinski definition) is 2. The van der Waals surface area contributed by atoms with Crippen molar-refractivity contribution in [3.63, 3.8) is 0 Å². The SMILES string of the molecule is CC1COCCN1c1cc(N)nc(Nc2ncccc2[N+](=O)[O-])c1. The van der Waals surface area contributed by atoms with Crippen molar-refractivity contribution in [1.82, 2.24) is 9.97 Å². The molecule has 0 saturated carbocycles. The normalized spacial score (nSPS) is 17.5. The summed E-state index contributed by atoms with van der Waals surface area (Å²) in [5.74, 6) is 0.861. The Morgan fingerprint density at radius 1 is 1.50 bits per heavy atom. The lowest BCUT2D eigenvalue weighted by atomic mass is 10.2. The number of nitrogens with zero attached hydrogens (tertiary/aromatic N) is 4. The van der Waals surface area contributed by atoms with Crippen molar-refractivity contribution >= 4 is 28.8 Å². The second kappa shape index (κ2) is 6.67. The smallest absolute Gasteiger partial charge is 0.311 e. The predicted octanol–water partition coefficient (Wildman–Crippen LogP) is 1.94. The van der Waals surface area contributed by atoms with E-state index in [0.717, 1.165) is 12.2 Å². The first kappa shape index (κ1) is 15.9. The molecule has 0 radical (unpaired) electrons. The van der Waals surface area contributed by atoms with Crippen molar-refractivity contribution in [1.29, 1.82) is 0 Å². The van der Waals surface area contributed by atoms with Gasteiger partial charge < -0.3 is 20.7 Å². The fourth-order valence-electron chi connectivity index (χ4n) is 2.64. The van der Waals surface area contributed by atoms with Gasteiger partial charge in [0, 0.05) is 42.7 Å². The average molecular weight is 330 g/mol. The van der Waals surface area contributed by atoms with E-state index in [1.165, 1.54) is 18.3 Å². The molecule has 1 atom stereocenters. The van der Waals surface area contributed by atoms with Gasteiger partial charge >= 0.3 is 5.69 Å². The van der Waals surface area contributed by atoms with Crippen LogP contribution in [0.15, 0.2) is 30.5 Å². The summed E-state index contributed by atoms with van der Waals surface area (Å²) in [6.45, 7) is 4.08. The van der Waals surface area contributed by atoms with E-state index in [4.69, 9.17) is 10.5 Å². The van der Waals surface area contributed by atoms with Gasteiger partial charge in [-0.3, -0.25) is 10.1 Å². The molecule has 3 rings (SSSR count). The van der Waals surface area contributed by atoms with Crippen LogP contribution in [0.1, 0.15) is 6.92 Å². The molecule has 1 unspecified atom stereocenters. The average Bonchev–Trinajstić information content (AvgIpc) is 2.55. The number of nitrogens with one attached hydrogen (secondary N) is 1. The minimum absolute atomic E-state index is 0.122. The quantitative estimate of drug-likeness (QED) is 0.644. The summed E-state index contributed by atoms with van der Waals surface area (Å²) in [5.41, 5.74) is 6.67. The van der Waals surface area contributed by atoms with Crippen molar-refractivity contribution in [3.8, 4) is 0 Å². The number of aromatic nitrogens is 2. The highest BCUT2D eigenvalue weighted by Gasteiger charge is 2.21. The zero-order valence-corrected chi connectivity index (χ0v) is 13.2. The second-order valence-corrected chi connectivity index (χ2v) is 5.51. The Bertz CT molecular complexity index is 754. The Morgan fingerprint density at radius 2 is 2.33 bits per heavy atom. The first-order valence-electron chi connectivity index (χ1n) is 7.53. The summed E-state index contributed by atoms with van der Waals surface area (Å²) in [6, 6.07) is 6.68. The Labute approximate surface area is 138 Å². The maximum absolute atomic E-state index is 11.1. The monoisotopic (exact) mass is 330 g/mol. The first-order valence-corrected chi connectivity index (χ1v) is 7.53. The lowest BCUT2D eigenvalue weighted by Crippen LogP contribution is -2.43. The lowest BCUT2D eigenvalue weighted by molar-refractivity contribution is -0.384. The molecule has 24 heavy (non-hydrogen) atoms. The van der Waals surface area contributed by atoms with Gasteiger partial charge in [-0.25, -0.2) is 9.97 Å². The first-order chi connectivity index (χ1) is 11.5. The van der Waals surface area contributed by atoms with Crippen molar-refractivity contribution in [2.75, 3.05) is 35.7 Å². The number of morpholine rings is 1. The number of pyridine rings is 2. The van der Waals surface area contributed by atoms with E-state index in [1.54, 1.807) is 12.1 Å². The van der Waals surface area contributed by atoms with Gasteiger partial charge in [-0.15, -0.1) is 0 Å². The van der Waals surface area contributed by atoms with Crippen molar-refractivity contribution in [2.24, 2.45) is 0 Å². The summed E-state index contributed by atoms with van der Waals surface area (Å²) in [4.78, 5) is 21.0. The van der Waals surface area contributed by atoms with E-state index in [2.05, 4.69) is 27.1 Å². The van der Waals surface area contributed by atoms with E-state index in [0.29, 0.717) is 24.8 Å². The number of rotatable bonds is 4. The molecule has 126 valence electrons. The predicted molar refractivity (Wildman–Crippen MR) is 90.5 cm³/mol. The van der Waals surface area contributed by atoms with Crippen LogP contribution in [-0.2, 0) is 4.74 Å². The molecule has 1 fully saturated rings. The molecule has 1 saturated heterocycles. The van der Waals surface area contributed by atoms with Crippen LogP contribution in [0.2, 0.25) is 0 Å². The van der Waals surface area contributed by atoms with Gasteiger partial charge in [-0.05, 0) is 13.0 Å².